The Bertz CT molecular complexity index is 1770. The number of allylic oxidation sites excluding steroid dienone is 6. The molecule has 0 aromatic heterocycles. The Kier molecular flexibility index (Phi) is 8.93. The molecule has 0 amide bonds. The van der Waals surface area contributed by atoms with Crippen LogP contribution < -0.4 is 0 Å². The van der Waals surface area contributed by atoms with Gasteiger partial charge in [0.15, 0.2) is 6.71 Å². The van der Waals surface area contributed by atoms with Crippen molar-refractivity contribution in [2.45, 2.75) is 215 Å². The first-order valence-electron chi connectivity index (χ1n) is 24.9. The average Bonchev–Trinajstić information content (AvgIpc) is 3.84. The van der Waals surface area contributed by atoms with Crippen LogP contribution in [0.25, 0.3) is 0 Å². The van der Waals surface area contributed by atoms with Gasteiger partial charge in [-0.15, -0.1) is 11.8 Å². The molecule has 57 heavy (non-hydrogen) atoms. The van der Waals surface area contributed by atoms with Gasteiger partial charge in [0.2, 0.25) is 0 Å². The molecule has 0 aromatic carbocycles. The molecule has 5 heterocycles. The molecule has 7 aliphatic carbocycles. The van der Waals surface area contributed by atoms with Crippen molar-refractivity contribution in [1.29, 1.82) is 0 Å². The number of ether oxygens (including phenoxy) is 1. The minimum Gasteiger partial charge on any atom is -0.377 e. The van der Waals surface area contributed by atoms with Crippen LogP contribution in [-0.4, -0.2) is 69.6 Å². The normalized spacial score (nSPS) is 48.3. The van der Waals surface area contributed by atoms with Crippen molar-refractivity contribution in [3.8, 4) is 0 Å². The minimum atomic E-state index is 0.108. The summed E-state index contributed by atoms with van der Waals surface area (Å²) >= 11 is 2.29. The van der Waals surface area contributed by atoms with Gasteiger partial charge in [-0.2, -0.15) is 0 Å². The van der Waals surface area contributed by atoms with Crippen molar-refractivity contribution in [2.24, 2.45) is 46.3 Å². The van der Waals surface area contributed by atoms with E-state index in [1.54, 1.807) is 22.5 Å². The molecule has 15 atom stereocenters. The summed E-state index contributed by atoms with van der Waals surface area (Å²) in [6, 6.07) is 3.37. The van der Waals surface area contributed by atoms with Crippen molar-refractivity contribution in [2.75, 3.05) is 0 Å². The monoisotopic (exact) mass is 787 g/mol. The summed E-state index contributed by atoms with van der Waals surface area (Å²) < 4.78 is 8.07. The summed E-state index contributed by atoms with van der Waals surface area (Å²) in [6.45, 7) is 16.4. The number of nitrogens with zero attached hydrogens (tertiary/aromatic N) is 2. The molecule has 4 saturated heterocycles. The minimum absolute atomic E-state index is 0.108. The van der Waals surface area contributed by atoms with E-state index in [4.69, 9.17) is 4.74 Å². The lowest BCUT2D eigenvalue weighted by Gasteiger charge is -2.67. The van der Waals surface area contributed by atoms with Crippen LogP contribution in [0.5, 0.6) is 0 Å². The van der Waals surface area contributed by atoms with E-state index in [2.05, 4.69) is 106 Å². The third kappa shape index (κ3) is 5.28. The average molecular weight is 787 g/mol. The van der Waals surface area contributed by atoms with Gasteiger partial charge in [0.25, 0.3) is 0 Å². The Morgan fingerprint density at radius 1 is 0.877 bits per heavy atom. The maximum atomic E-state index is 8.07. The number of fused-ring (bicyclic) bond motifs is 9. The number of hydrogen-bond donors (Lipinski definition) is 0. The molecule has 1 spiro atoms. The molecule has 5 heteroatoms. The van der Waals surface area contributed by atoms with E-state index in [-0.39, 0.29) is 17.1 Å². The van der Waals surface area contributed by atoms with Crippen LogP contribution in [0.2, 0.25) is 11.6 Å². The molecule has 12 rings (SSSR count). The fourth-order valence-corrected chi connectivity index (χ4v) is 20.1. The Balaban J connectivity index is 1.03. The summed E-state index contributed by atoms with van der Waals surface area (Å²) in [4.78, 5) is 8.35. The quantitative estimate of drug-likeness (QED) is 0.205. The van der Waals surface area contributed by atoms with Gasteiger partial charge in [-0.1, -0.05) is 134 Å². The summed E-state index contributed by atoms with van der Waals surface area (Å²) in [7, 11) is 0. The Hall–Kier alpha value is -1.01. The zero-order chi connectivity index (χ0) is 38.6. The van der Waals surface area contributed by atoms with Gasteiger partial charge < -0.3 is 4.74 Å². The highest BCUT2D eigenvalue weighted by Crippen LogP contribution is 2.73. The van der Waals surface area contributed by atoms with E-state index in [9.17, 15) is 0 Å². The van der Waals surface area contributed by atoms with Crippen molar-refractivity contribution in [3.63, 3.8) is 0 Å². The molecule has 12 aliphatic rings. The van der Waals surface area contributed by atoms with Gasteiger partial charge in [0, 0.05) is 57.8 Å². The Labute approximate surface area is 351 Å². The third-order valence-corrected chi connectivity index (χ3v) is 21.9. The highest BCUT2D eigenvalue weighted by atomic mass is 32.2. The number of rotatable bonds is 2. The van der Waals surface area contributed by atoms with E-state index in [1.807, 2.05) is 0 Å². The van der Waals surface area contributed by atoms with Crippen LogP contribution in [-0.2, 0) is 4.74 Å². The van der Waals surface area contributed by atoms with Crippen molar-refractivity contribution < 1.29 is 4.74 Å². The van der Waals surface area contributed by atoms with E-state index < -0.39 is 0 Å². The van der Waals surface area contributed by atoms with Crippen LogP contribution in [0.4, 0.5) is 0 Å². The summed E-state index contributed by atoms with van der Waals surface area (Å²) in [6.07, 6.45) is 42.7. The zero-order valence-electron chi connectivity index (χ0n) is 36.6. The lowest BCUT2D eigenvalue weighted by Crippen LogP contribution is -2.77. The van der Waals surface area contributed by atoms with Crippen LogP contribution in [0.1, 0.15) is 151 Å². The fourth-order valence-electron chi connectivity index (χ4n) is 18.5. The molecule has 0 radical (unpaired) electrons. The highest BCUT2D eigenvalue weighted by Gasteiger charge is 2.76. The first kappa shape index (κ1) is 37.7. The van der Waals surface area contributed by atoms with Crippen molar-refractivity contribution >= 4 is 18.5 Å². The molecule has 0 aromatic rings. The molecule has 5 aliphatic heterocycles. The van der Waals surface area contributed by atoms with Crippen molar-refractivity contribution in [1.82, 2.24) is 9.80 Å². The number of hydrogen-bond acceptors (Lipinski definition) is 4. The fraction of sp³-hybridized carbons (Fsp3) is 0.808. The molecular formula is C52H75BN2OS. The van der Waals surface area contributed by atoms with Gasteiger partial charge in [-0.25, -0.2) is 0 Å². The van der Waals surface area contributed by atoms with Gasteiger partial charge >= 0.3 is 0 Å². The second-order valence-electron chi connectivity index (χ2n) is 23.9. The molecule has 0 N–H and O–H groups in total. The molecule has 15 unspecified atom stereocenters. The lowest BCUT2D eigenvalue weighted by atomic mass is 9.21. The lowest BCUT2D eigenvalue weighted by molar-refractivity contribution is -0.0696. The largest absolute Gasteiger partial charge is 0.377 e. The van der Waals surface area contributed by atoms with Gasteiger partial charge in [-0.3, -0.25) is 9.80 Å². The van der Waals surface area contributed by atoms with E-state index >= 15 is 0 Å². The topological polar surface area (TPSA) is 15.7 Å². The van der Waals surface area contributed by atoms with Gasteiger partial charge in [0.05, 0.1) is 6.10 Å². The van der Waals surface area contributed by atoms with E-state index in [1.165, 1.54) is 103 Å². The Morgan fingerprint density at radius 3 is 2.47 bits per heavy atom. The molecule has 0 bridgehead atoms. The second-order valence-corrected chi connectivity index (χ2v) is 25.1. The molecular weight excluding hydrogens is 711 g/mol. The molecule has 308 valence electrons. The van der Waals surface area contributed by atoms with Crippen molar-refractivity contribution in [3.05, 3.63) is 58.6 Å². The first-order valence-corrected chi connectivity index (χ1v) is 25.8. The maximum absolute atomic E-state index is 8.07. The predicted molar refractivity (Wildman–Crippen MR) is 240 cm³/mol. The van der Waals surface area contributed by atoms with Crippen LogP contribution in [0, 0.1) is 46.3 Å². The summed E-state index contributed by atoms with van der Waals surface area (Å²) in [5, 5.41) is 0.639. The summed E-state index contributed by atoms with van der Waals surface area (Å²) in [5.74, 6) is 6.18. The molecule has 3 nitrogen and oxygen atoms in total. The SMILES string of the molecule is CC1CC2C3B(C4CC(C5CCCCC5)CC5C4N(C3C1)C(C)(C)C51CCCCC1)C1OC3C(C(C)(C)C)=CC=CC3C1N2C1C=CCC2C3=C(C=CCC3)SC21. The second kappa shape index (κ2) is 13.5. The van der Waals surface area contributed by atoms with Crippen LogP contribution >= 0.6 is 11.8 Å². The zero-order valence-corrected chi connectivity index (χ0v) is 37.4. The van der Waals surface area contributed by atoms with Gasteiger partial charge in [0.1, 0.15) is 0 Å². The predicted octanol–water partition coefficient (Wildman–Crippen LogP) is 12.2. The van der Waals surface area contributed by atoms with Crippen LogP contribution in [0.3, 0.4) is 0 Å². The van der Waals surface area contributed by atoms with E-state index in [0.29, 0.717) is 65.2 Å². The first-order chi connectivity index (χ1) is 27.6. The maximum Gasteiger partial charge on any atom is 0.189 e. The highest BCUT2D eigenvalue weighted by molar-refractivity contribution is 8.04. The smallest absolute Gasteiger partial charge is 0.189 e. The standard InChI is InChI=1S/C52H75BN2OS/c1-31-27-41-44-42(28-31)55-46-38(52(51(55,5)6)25-13-8-14-26-52)29-33(32-17-9-7-10-18-32)30-39(46)53(44)49-45(36-21-15-22-37(47(36)56-49)50(2,3)4)54(41)40-23-16-20-35-34-19-11-12-24-43(34)57-48(35)40/h12,15-16,21-24,31-33,35-36,38-42,44-49H,7-11,13-14,17-20,25-30H2,1-6H3. The van der Waals surface area contributed by atoms with E-state index in [0.717, 1.165) is 35.5 Å². The third-order valence-electron chi connectivity index (χ3n) is 20.4. The number of thioether (sulfide) groups is 1. The van der Waals surface area contributed by atoms with Gasteiger partial charge in [-0.05, 0) is 123 Å². The molecule has 4 saturated carbocycles. The molecule has 8 fully saturated rings. The summed E-state index contributed by atoms with van der Waals surface area (Å²) in [5.41, 5.74) is 4.23. The Morgan fingerprint density at radius 2 is 1.67 bits per heavy atom. The van der Waals surface area contributed by atoms with Crippen LogP contribution in [0.15, 0.2) is 58.6 Å².